The smallest absolute Gasteiger partial charge is 0.172 e. The van der Waals surface area contributed by atoms with Gasteiger partial charge in [0.25, 0.3) is 0 Å². The number of benzene rings is 1. The second-order valence-corrected chi connectivity index (χ2v) is 8.84. The van der Waals surface area contributed by atoms with E-state index in [2.05, 4.69) is 36.7 Å². The highest BCUT2D eigenvalue weighted by atomic mass is 16.3. The van der Waals surface area contributed by atoms with E-state index < -0.39 is 0 Å². The highest BCUT2D eigenvalue weighted by molar-refractivity contribution is 5.76. The molecule has 0 radical (unpaired) electrons. The van der Waals surface area contributed by atoms with Crippen LogP contribution in [-0.4, -0.2) is 72.1 Å². The van der Waals surface area contributed by atoms with Gasteiger partial charge in [-0.3, -0.25) is 4.90 Å². The zero-order chi connectivity index (χ0) is 20.3. The van der Waals surface area contributed by atoms with Crippen molar-refractivity contribution in [3.63, 3.8) is 0 Å². The minimum atomic E-state index is 0.241. The van der Waals surface area contributed by atoms with Gasteiger partial charge in [-0.1, -0.05) is 12.1 Å². The number of piperazine rings is 1. The van der Waals surface area contributed by atoms with Crippen LogP contribution in [0, 0.1) is 5.92 Å². The molecule has 0 saturated carbocycles. The first-order valence-corrected chi connectivity index (χ1v) is 11.4. The Morgan fingerprint density at radius 1 is 1.10 bits per heavy atom. The highest BCUT2D eigenvalue weighted by Crippen LogP contribution is 2.36. The molecule has 0 aliphatic carbocycles. The molecule has 0 spiro atoms. The van der Waals surface area contributed by atoms with Gasteiger partial charge in [0.15, 0.2) is 5.82 Å². The van der Waals surface area contributed by atoms with Crippen molar-refractivity contribution in [1.29, 1.82) is 0 Å². The number of fused-ring (bicyclic) bond motifs is 3. The van der Waals surface area contributed by atoms with Gasteiger partial charge in [0.05, 0.1) is 17.4 Å². The van der Waals surface area contributed by atoms with Crippen LogP contribution < -0.4 is 15.5 Å². The molecule has 2 fully saturated rings. The molecule has 160 valence electrons. The molecule has 5 rings (SSSR count). The average molecular weight is 409 g/mol. The first-order valence-electron chi connectivity index (χ1n) is 11.4. The zero-order valence-electron chi connectivity index (χ0n) is 17.6. The Hall–Kier alpha value is -2.38. The lowest BCUT2D eigenvalue weighted by atomic mass is 9.93. The fraction of sp³-hybridized carbons (Fsp3) is 0.565. The van der Waals surface area contributed by atoms with E-state index in [1.54, 1.807) is 6.07 Å². The molecule has 1 aromatic carbocycles. The molecule has 30 heavy (non-hydrogen) atoms. The summed E-state index contributed by atoms with van der Waals surface area (Å²) < 4.78 is 0. The fourth-order valence-electron chi connectivity index (χ4n) is 5.15. The number of para-hydroxylation sites is 1. The maximum atomic E-state index is 10.2. The Morgan fingerprint density at radius 3 is 2.83 bits per heavy atom. The molecule has 1 aromatic heterocycles. The number of nitrogens with one attached hydrogen (secondary N) is 2. The quantitative estimate of drug-likeness (QED) is 0.702. The summed E-state index contributed by atoms with van der Waals surface area (Å²) in [6.07, 6.45) is 5.37. The van der Waals surface area contributed by atoms with E-state index in [1.165, 1.54) is 45.3 Å². The van der Waals surface area contributed by atoms with Crippen molar-refractivity contribution in [3.8, 4) is 17.0 Å². The second kappa shape index (κ2) is 8.78. The van der Waals surface area contributed by atoms with Crippen LogP contribution in [-0.2, 0) is 0 Å². The molecule has 1 atom stereocenters. The van der Waals surface area contributed by atoms with Gasteiger partial charge in [-0.25, -0.2) is 0 Å². The lowest BCUT2D eigenvalue weighted by molar-refractivity contribution is 0.212. The van der Waals surface area contributed by atoms with E-state index in [1.807, 2.05) is 18.2 Å². The van der Waals surface area contributed by atoms with E-state index >= 15 is 0 Å². The Balaban J connectivity index is 1.23. The minimum Gasteiger partial charge on any atom is -0.507 e. The molecule has 3 aliphatic rings. The third-order valence-corrected chi connectivity index (χ3v) is 6.88. The molecule has 7 nitrogen and oxygen atoms in total. The van der Waals surface area contributed by atoms with Gasteiger partial charge in [0.2, 0.25) is 0 Å². The molecule has 3 aliphatic heterocycles. The van der Waals surface area contributed by atoms with E-state index in [4.69, 9.17) is 0 Å². The van der Waals surface area contributed by atoms with Gasteiger partial charge in [0, 0.05) is 31.7 Å². The molecule has 2 aromatic rings. The van der Waals surface area contributed by atoms with Crippen LogP contribution in [0.2, 0.25) is 0 Å². The fourth-order valence-corrected chi connectivity index (χ4v) is 5.15. The van der Waals surface area contributed by atoms with Crippen molar-refractivity contribution in [1.82, 2.24) is 20.4 Å². The number of phenols is 1. The van der Waals surface area contributed by atoms with Crippen LogP contribution in [0.1, 0.15) is 25.7 Å². The second-order valence-electron chi connectivity index (χ2n) is 8.84. The summed E-state index contributed by atoms with van der Waals surface area (Å²) >= 11 is 0. The predicted octanol–water partition coefficient (Wildman–Crippen LogP) is 2.55. The first kappa shape index (κ1) is 19.6. The number of aromatic nitrogens is 2. The van der Waals surface area contributed by atoms with Crippen molar-refractivity contribution in [2.45, 2.75) is 31.7 Å². The van der Waals surface area contributed by atoms with E-state index in [9.17, 15) is 5.11 Å². The van der Waals surface area contributed by atoms with Crippen LogP contribution in [0.5, 0.6) is 5.75 Å². The molecular formula is C23H32N6O. The van der Waals surface area contributed by atoms with E-state index in [-0.39, 0.29) is 5.75 Å². The molecule has 0 unspecified atom stereocenters. The number of anilines is 2. The Morgan fingerprint density at radius 2 is 1.97 bits per heavy atom. The number of nitrogens with zero attached hydrogens (tertiary/aromatic N) is 4. The molecule has 0 amide bonds. The van der Waals surface area contributed by atoms with Gasteiger partial charge in [-0.2, -0.15) is 0 Å². The van der Waals surface area contributed by atoms with Gasteiger partial charge < -0.3 is 20.6 Å². The number of hydrogen-bond acceptors (Lipinski definition) is 7. The zero-order valence-corrected chi connectivity index (χ0v) is 17.6. The molecule has 2 saturated heterocycles. The van der Waals surface area contributed by atoms with Crippen molar-refractivity contribution in [2.24, 2.45) is 5.92 Å². The summed E-state index contributed by atoms with van der Waals surface area (Å²) in [4.78, 5) is 5.11. The summed E-state index contributed by atoms with van der Waals surface area (Å²) in [7, 11) is 0. The summed E-state index contributed by atoms with van der Waals surface area (Å²) in [5, 5.41) is 25.9. The van der Waals surface area contributed by atoms with Crippen LogP contribution >= 0.6 is 0 Å². The predicted molar refractivity (Wildman–Crippen MR) is 120 cm³/mol. The van der Waals surface area contributed by atoms with Gasteiger partial charge >= 0.3 is 0 Å². The first-order chi connectivity index (χ1) is 14.8. The number of hydrogen-bond donors (Lipinski definition) is 3. The van der Waals surface area contributed by atoms with Crippen molar-refractivity contribution in [2.75, 3.05) is 56.0 Å². The van der Waals surface area contributed by atoms with Crippen molar-refractivity contribution in [3.05, 3.63) is 30.3 Å². The average Bonchev–Trinajstić information content (AvgIpc) is 2.79. The Kier molecular flexibility index (Phi) is 5.73. The van der Waals surface area contributed by atoms with Crippen LogP contribution in [0.25, 0.3) is 11.3 Å². The molecule has 3 N–H and O–H groups in total. The third-order valence-electron chi connectivity index (χ3n) is 6.88. The Labute approximate surface area is 178 Å². The number of piperidine rings is 1. The van der Waals surface area contributed by atoms with Gasteiger partial charge in [-0.05, 0) is 69.4 Å². The molecule has 7 heteroatoms. The SMILES string of the molecule is Oc1ccccc1-c1cc2c(nn1)NC[C@H]1CN(CCCC3CCNCC3)CCN21. The van der Waals surface area contributed by atoms with E-state index in [0.717, 1.165) is 54.9 Å². The molecule has 0 bridgehead atoms. The van der Waals surface area contributed by atoms with Crippen molar-refractivity contribution >= 4 is 11.5 Å². The lowest BCUT2D eigenvalue weighted by Crippen LogP contribution is -2.58. The molecule has 4 heterocycles. The van der Waals surface area contributed by atoms with Crippen molar-refractivity contribution < 1.29 is 5.11 Å². The normalized spacial score (nSPS) is 22.3. The number of phenolic OH excluding ortho intramolecular Hbond substituents is 1. The summed E-state index contributed by atoms with van der Waals surface area (Å²) in [5.41, 5.74) is 2.55. The van der Waals surface area contributed by atoms with Crippen LogP contribution in [0.3, 0.4) is 0 Å². The number of aromatic hydroxyl groups is 1. The highest BCUT2D eigenvalue weighted by Gasteiger charge is 2.32. The molecular weight excluding hydrogens is 376 g/mol. The number of rotatable bonds is 5. The van der Waals surface area contributed by atoms with Crippen LogP contribution in [0.15, 0.2) is 30.3 Å². The topological polar surface area (TPSA) is 76.5 Å². The maximum Gasteiger partial charge on any atom is 0.172 e. The monoisotopic (exact) mass is 408 g/mol. The summed E-state index contributed by atoms with van der Waals surface area (Å²) in [6.45, 7) is 7.70. The largest absolute Gasteiger partial charge is 0.507 e. The summed E-state index contributed by atoms with van der Waals surface area (Å²) in [6, 6.07) is 9.85. The third kappa shape index (κ3) is 4.09. The maximum absolute atomic E-state index is 10.2. The van der Waals surface area contributed by atoms with Gasteiger partial charge in [0.1, 0.15) is 5.75 Å². The van der Waals surface area contributed by atoms with Gasteiger partial charge in [-0.15, -0.1) is 10.2 Å². The Bertz CT molecular complexity index is 869. The van der Waals surface area contributed by atoms with E-state index in [0.29, 0.717) is 6.04 Å². The minimum absolute atomic E-state index is 0.241. The van der Waals surface area contributed by atoms with Crippen LogP contribution in [0.4, 0.5) is 11.5 Å². The standard InChI is InChI=1S/C23H32N6O/c30-22-6-2-1-5-19(22)20-14-21-23(27-26-20)25-15-18-16-28(12-13-29(18)21)11-3-4-17-7-9-24-10-8-17/h1-2,5-6,14,17-18,24,30H,3-4,7-13,15-16H2,(H,25,27)/t18-/m0/s1. The lowest BCUT2D eigenvalue weighted by Gasteiger charge is -2.46. The summed E-state index contributed by atoms with van der Waals surface area (Å²) in [5.74, 6) is 2.01.